The van der Waals surface area contributed by atoms with Crippen LogP contribution in [0.3, 0.4) is 0 Å². The fraction of sp³-hybridized carbons (Fsp3) is 0.625. The van der Waals surface area contributed by atoms with Gasteiger partial charge in [-0.2, -0.15) is 4.98 Å². The number of nitrogens with zero attached hydrogens (tertiary/aromatic N) is 7. The van der Waals surface area contributed by atoms with E-state index in [1.54, 1.807) is 16.9 Å². The summed E-state index contributed by atoms with van der Waals surface area (Å²) < 4.78 is 7.55. The number of likely N-dealkylation sites (N-methyl/N-ethyl adjacent to an activating group) is 1. The van der Waals surface area contributed by atoms with Gasteiger partial charge in [-0.05, 0) is 26.4 Å². The van der Waals surface area contributed by atoms with E-state index in [0.717, 1.165) is 13.0 Å². The highest BCUT2D eigenvalue weighted by atomic mass is 16.5. The summed E-state index contributed by atoms with van der Waals surface area (Å²) >= 11 is 0. The first-order valence-electron chi connectivity index (χ1n) is 8.89. The number of fused-ring (bicyclic) bond motifs is 1. The lowest BCUT2D eigenvalue weighted by Crippen LogP contribution is -2.48. The van der Waals surface area contributed by atoms with Crippen LogP contribution in [0.2, 0.25) is 0 Å². The molecule has 1 atom stereocenters. The maximum atomic E-state index is 11.1. The summed E-state index contributed by atoms with van der Waals surface area (Å²) in [4.78, 5) is 25.8. The highest BCUT2D eigenvalue weighted by Gasteiger charge is 2.25. The molecule has 10 heteroatoms. The lowest BCUT2D eigenvalue weighted by molar-refractivity contribution is 0.142. The highest BCUT2D eigenvalue weighted by molar-refractivity contribution is 5.67. The normalized spacial score (nSPS) is 21.5. The second-order valence-electron chi connectivity index (χ2n) is 6.76. The van der Waals surface area contributed by atoms with Crippen molar-refractivity contribution in [1.82, 2.24) is 29.4 Å². The quantitative estimate of drug-likeness (QED) is 0.835. The second kappa shape index (κ2) is 6.94. The maximum absolute atomic E-state index is 11.1. The number of hydrogen-bond donors (Lipinski definition) is 1. The van der Waals surface area contributed by atoms with Crippen LogP contribution >= 0.6 is 0 Å². The second-order valence-corrected chi connectivity index (χ2v) is 6.76. The maximum Gasteiger partial charge on any atom is 0.407 e. The molecule has 0 bridgehead atoms. The van der Waals surface area contributed by atoms with Gasteiger partial charge in [-0.15, -0.1) is 5.10 Å². The zero-order valence-electron chi connectivity index (χ0n) is 14.8. The molecule has 0 radical (unpaired) electrons. The van der Waals surface area contributed by atoms with Crippen molar-refractivity contribution in [3.63, 3.8) is 0 Å². The smallest absolute Gasteiger partial charge is 0.407 e. The van der Waals surface area contributed by atoms with Crippen LogP contribution in [-0.2, 0) is 0 Å². The first-order chi connectivity index (χ1) is 12.6. The molecule has 2 fully saturated rings. The van der Waals surface area contributed by atoms with Crippen LogP contribution in [0.25, 0.3) is 5.65 Å². The number of carbonyl (C=O) groups is 1. The monoisotopic (exact) mass is 361 g/mol. The third kappa shape index (κ3) is 3.24. The van der Waals surface area contributed by atoms with Gasteiger partial charge in [0.05, 0.1) is 0 Å². The molecule has 0 spiro atoms. The summed E-state index contributed by atoms with van der Waals surface area (Å²) in [5.74, 6) is 0.685. The van der Waals surface area contributed by atoms with Crippen LogP contribution in [0.1, 0.15) is 12.8 Å². The van der Waals surface area contributed by atoms with Crippen molar-refractivity contribution in [2.45, 2.75) is 18.9 Å². The van der Waals surface area contributed by atoms with Gasteiger partial charge in [0.15, 0.2) is 11.5 Å². The molecule has 0 saturated carbocycles. The molecule has 2 aromatic heterocycles. The van der Waals surface area contributed by atoms with Crippen LogP contribution in [0.5, 0.6) is 6.01 Å². The molecule has 2 aliphatic rings. The van der Waals surface area contributed by atoms with E-state index in [1.165, 1.54) is 11.3 Å². The molecule has 140 valence electrons. The van der Waals surface area contributed by atoms with Gasteiger partial charge in [0.1, 0.15) is 6.61 Å². The minimum atomic E-state index is -0.886. The van der Waals surface area contributed by atoms with Gasteiger partial charge in [0, 0.05) is 44.6 Å². The average Bonchev–Trinajstić information content (AvgIpc) is 3.28. The molecule has 2 aliphatic heterocycles. The number of carboxylic acid groups (broad SMARTS) is 1. The van der Waals surface area contributed by atoms with Gasteiger partial charge < -0.3 is 24.5 Å². The Balaban J connectivity index is 1.52. The Bertz CT molecular complexity index is 787. The molecule has 4 heterocycles. The summed E-state index contributed by atoms with van der Waals surface area (Å²) in [6.07, 6.45) is 4.86. The lowest BCUT2D eigenvalue weighted by atomic mass is 10.2. The van der Waals surface area contributed by atoms with Gasteiger partial charge in [-0.3, -0.25) is 0 Å². The number of anilines is 1. The SMILES string of the molecule is CN1CCC[C@H]1COc1nc(N2CCN(C(=O)O)CC2)c2nccn2n1. The van der Waals surface area contributed by atoms with Crippen LogP contribution in [0.4, 0.5) is 10.6 Å². The van der Waals surface area contributed by atoms with Crippen LogP contribution in [0.15, 0.2) is 12.4 Å². The van der Waals surface area contributed by atoms with Crippen molar-refractivity contribution in [3.05, 3.63) is 12.4 Å². The number of rotatable bonds is 4. The average molecular weight is 361 g/mol. The van der Waals surface area contributed by atoms with Crippen molar-refractivity contribution in [2.75, 3.05) is 51.3 Å². The van der Waals surface area contributed by atoms with Crippen molar-refractivity contribution in [1.29, 1.82) is 0 Å². The lowest BCUT2D eigenvalue weighted by Gasteiger charge is -2.33. The Labute approximate surface area is 151 Å². The number of piperazine rings is 1. The van der Waals surface area contributed by atoms with Gasteiger partial charge in [0.25, 0.3) is 0 Å². The molecule has 1 N–H and O–H groups in total. The molecule has 10 nitrogen and oxygen atoms in total. The Kier molecular flexibility index (Phi) is 4.49. The Hall–Kier alpha value is -2.62. The standard InChI is InChI=1S/C16H23N7O3/c1-20-5-2-3-12(20)11-26-15-18-14(13-17-4-6-23(13)19-15)21-7-9-22(10-8-21)16(24)25/h4,6,12H,2-3,5,7-11H2,1H3,(H,24,25)/t12-/m0/s1. The topological polar surface area (TPSA) is 99.3 Å². The van der Waals surface area contributed by atoms with Gasteiger partial charge in [-0.1, -0.05) is 0 Å². The molecular weight excluding hydrogens is 338 g/mol. The van der Waals surface area contributed by atoms with E-state index in [2.05, 4.69) is 27.0 Å². The molecule has 0 aliphatic carbocycles. The first kappa shape index (κ1) is 16.8. The minimum absolute atomic E-state index is 0.325. The minimum Gasteiger partial charge on any atom is -0.465 e. The first-order valence-corrected chi connectivity index (χ1v) is 8.89. The number of hydrogen-bond acceptors (Lipinski definition) is 7. The molecule has 2 aromatic rings. The van der Waals surface area contributed by atoms with Gasteiger partial charge in [0.2, 0.25) is 0 Å². The highest BCUT2D eigenvalue weighted by Crippen LogP contribution is 2.22. The Morgan fingerprint density at radius 1 is 1.31 bits per heavy atom. The number of likely N-dealkylation sites (tertiary alicyclic amines) is 1. The Morgan fingerprint density at radius 2 is 2.12 bits per heavy atom. The zero-order valence-corrected chi connectivity index (χ0v) is 14.8. The predicted molar refractivity (Wildman–Crippen MR) is 93.7 cm³/mol. The van der Waals surface area contributed by atoms with E-state index >= 15 is 0 Å². The summed E-state index contributed by atoms with van der Waals surface area (Å²) in [5.41, 5.74) is 0.652. The summed E-state index contributed by atoms with van der Waals surface area (Å²) in [6.45, 7) is 3.66. The Morgan fingerprint density at radius 3 is 2.81 bits per heavy atom. The number of ether oxygens (including phenoxy) is 1. The van der Waals surface area contributed by atoms with Crippen LogP contribution < -0.4 is 9.64 Å². The zero-order chi connectivity index (χ0) is 18.1. The summed E-state index contributed by atoms with van der Waals surface area (Å²) in [5, 5.41) is 13.5. The third-order valence-electron chi connectivity index (χ3n) is 5.14. The van der Waals surface area contributed by atoms with Crippen molar-refractivity contribution < 1.29 is 14.6 Å². The fourth-order valence-electron chi connectivity index (χ4n) is 3.54. The molecule has 26 heavy (non-hydrogen) atoms. The van der Waals surface area contributed by atoms with E-state index in [-0.39, 0.29) is 0 Å². The van der Waals surface area contributed by atoms with Gasteiger partial charge in [-0.25, -0.2) is 14.3 Å². The third-order valence-corrected chi connectivity index (χ3v) is 5.14. The largest absolute Gasteiger partial charge is 0.465 e. The van der Waals surface area contributed by atoms with Crippen molar-refractivity contribution >= 4 is 17.6 Å². The predicted octanol–water partition coefficient (Wildman–Crippen LogP) is 0.397. The number of amides is 1. The van der Waals surface area contributed by atoms with E-state index in [9.17, 15) is 4.79 Å². The van der Waals surface area contributed by atoms with Crippen molar-refractivity contribution in [3.8, 4) is 6.01 Å². The molecular formula is C16H23N7O3. The van der Waals surface area contributed by atoms with E-state index in [4.69, 9.17) is 9.84 Å². The van der Waals surface area contributed by atoms with Gasteiger partial charge >= 0.3 is 12.1 Å². The molecule has 4 rings (SSSR count). The fourth-order valence-corrected chi connectivity index (χ4v) is 3.54. The summed E-state index contributed by atoms with van der Waals surface area (Å²) in [7, 11) is 2.11. The van der Waals surface area contributed by atoms with Crippen molar-refractivity contribution in [2.24, 2.45) is 0 Å². The van der Waals surface area contributed by atoms with Crippen LogP contribution in [0, 0.1) is 0 Å². The number of imidazole rings is 1. The molecule has 0 unspecified atom stereocenters. The molecule has 0 aromatic carbocycles. The van der Waals surface area contributed by atoms with E-state index in [1.807, 2.05) is 4.90 Å². The van der Waals surface area contributed by atoms with Crippen LogP contribution in [-0.4, -0.2) is 93.0 Å². The summed E-state index contributed by atoms with van der Waals surface area (Å²) in [6, 6.07) is 0.714. The number of aromatic nitrogens is 4. The van der Waals surface area contributed by atoms with E-state index in [0.29, 0.717) is 56.3 Å². The molecule has 1 amide bonds. The van der Waals surface area contributed by atoms with E-state index < -0.39 is 6.09 Å². The molecule has 2 saturated heterocycles.